The Morgan fingerprint density at radius 3 is 2.84 bits per heavy atom. The molecular formula is C14H7BrN2OS. The largest absolute Gasteiger partial charge is 0.360 e. The van der Waals surface area contributed by atoms with Gasteiger partial charge in [0.1, 0.15) is 0 Å². The van der Waals surface area contributed by atoms with Crippen LogP contribution in [0.2, 0.25) is 0 Å². The van der Waals surface area contributed by atoms with Crippen LogP contribution in [0.5, 0.6) is 0 Å². The van der Waals surface area contributed by atoms with Crippen LogP contribution < -0.4 is 0 Å². The number of aromatic nitrogens is 1. The molecule has 3 rings (SSSR count). The van der Waals surface area contributed by atoms with Gasteiger partial charge in [0.15, 0.2) is 0 Å². The number of hydrogen-bond donors (Lipinski definition) is 1. The number of carbonyl (C=O) groups excluding carboxylic acids is 1. The average molecular weight is 331 g/mol. The Kier molecular flexibility index (Phi) is 2.97. The zero-order valence-electron chi connectivity index (χ0n) is 9.61. The quantitative estimate of drug-likeness (QED) is 0.719. The van der Waals surface area contributed by atoms with E-state index in [0.29, 0.717) is 16.0 Å². The number of halogens is 1. The van der Waals surface area contributed by atoms with Gasteiger partial charge in [-0.1, -0.05) is 0 Å². The van der Waals surface area contributed by atoms with Crippen LogP contribution in [0.25, 0.3) is 10.9 Å². The maximum atomic E-state index is 12.4. The maximum Gasteiger partial charge on any atom is 0.205 e. The molecule has 0 saturated heterocycles. The second-order valence-corrected chi connectivity index (χ2v) is 6.47. The first-order valence-corrected chi connectivity index (χ1v) is 7.11. The number of hydrogen-bond acceptors (Lipinski definition) is 3. The number of nitrogens with one attached hydrogen (secondary N) is 1. The monoisotopic (exact) mass is 330 g/mol. The zero-order chi connectivity index (χ0) is 13.4. The molecule has 0 aliphatic rings. The van der Waals surface area contributed by atoms with E-state index < -0.39 is 0 Å². The number of thiophene rings is 1. The molecular weight excluding hydrogens is 324 g/mol. The molecule has 92 valence electrons. The van der Waals surface area contributed by atoms with Crippen molar-refractivity contribution in [2.45, 2.75) is 0 Å². The SMILES string of the molecule is N#Cc1ccc2[nH]cc(C(=O)c3ccc(Br)s3)c2c1. The predicted octanol–water partition coefficient (Wildman–Crippen LogP) is 4.09. The number of fused-ring (bicyclic) bond motifs is 1. The van der Waals surface area contributed by atoms with Gasteiger partial charge in [0.05, 0.1) is 20.3 Å². The molecule has 0 saturated carbocycles. The van der Waals surface area contributed by atoms with Crippen molar-refractivity contribution in [2.75, 3.05) is 0 Å². The molecule has 3 aromatic rings. The standard InChI is InChI=1S/C14H7BrN2OS/c15-13-4-3-12(19-13)14(18)10-7-17-11-2-1-8(6-16)5-9(10)11/h1-5,7,17H. The van der Waals surface area contributed by atoms with Crippen molar-refractivity contribution < 1.29 is 4.79 Å². The maximum absolute atomic E-state index is 12.4. The van der Waals surface area contributed by atoms with E-state index in [1.54, 1.807) is 24.4 Å². The van der Waals surface area contributed by atoms with Crippen LogP contribution in [-0.2, 0) is 0 Å². The molecule has 0 unspecified atom stereocenters. The summed E-state index contributed by atoms with van der Waals surface area (Å²) in [4.78, 5) is 16.2. The molecule has 2 aromatic heterocycles. The Morgan fingerprint density at radius 1 is 1.32 bits per heavy atom. The number of H-pyrrole nitrogens is 1. The Hall–Kier alpha value is -1.90. The van der Waals surface area contributed by atoms with Gasteiger partial charge >= 0.3 is 0 Å². The normalized spacial score (nSPS) is 10.5. The van der Waals surface area contributed by atoms with Crippen LogP contribution in [0.1, 0.15) is 20.8 Å². The van der Waals surface area contributed by atoms with Crippen molar-refractivity contribution in [3.8, 4) is 6.07 Å². The fourth-order valence-corrected chi connectivity index (χ4v) is 3.29. The number of rotatable bonds is 2. The fourth-order valence-electron chi connectivity index (χ4n) is 1.95. The summed E-state index contributed by atoms with van der Waals surface area (Å²) in [7, 11) is 0. The highest BCUT2D eigenvalue weighted by Gasteiger charge is 2.16. The summed E-state index contributed by atoms with van der Waals surface area (Å²) in [6, 6.07) is 11.0. The first-order valence-electron chi connectivity index (χ1n) is 5.50. The molecule has 0 atom stereocenters. The molecule has 5 heteroatoms. The molecule has 1 aromatic carbocycles. The van der Waals surface area contributed by atoms with E-state index >= 15 is 0 Å². The molecule has 0 fully saturated rings. The summed E-state index contributed by atoms with van der Waals surface area (Å²) in [5, 5.41) is 9.72. The predicted molar refractivity (Wildman–Crippen MR) is 78.5 cm³/mol. The minimum absolute atomic E-state index is 0.0305. The first kappa shape index (κ1) is 12.2. The third-order valence-corrected chi connectivity index (χ3v) is 4.47. The highest BCUT2D eigenvalue weighted by atomic mass is 79.9. The second-order valence-electron chi connectivity index (χ2n) is 4.01. The molecule has 1 N–H and O–H groups in total. The van der Waals surface area contributed by atoms with E-state index in [2.05, 4.69) is 27.0 Å². The molecule has 0 aliphatic heterocycles. The number of benzene rings is 1. The molecule has 19 heavy (non-hydrogen) atoms. The van der Waals surface area contributed by atoms with Crippen molar-refractivity contribution in [3.63, 3.8) is 0 Å². The van der Waals surface area contributed by atoms with E-state index in [4.69, 9.17) is 5.26 Å². The van der Waals surface area contributed by atoms with Gasteiger partial charge in [-0.15, -0.1) is 11.3 Å². The lowest BCUT2D eigenvalue weighted by Crippen LogP contribution is -1.96. The van der Waals surface area contributed by atoms with E-state index in [0.717, 1.165) is 14.7 Å². The van der Waals surface area contributed by atoms with Crippen LogP contribution in [0, 0.1) is 11.3 Å². The Labute approximate surface area is 121 Å². The lowest BCUT2D eigenvalue weighted by atomic mass is 10.1. The summed E-state index contributed by atoms with van der Waals surface area (Å²) in [6.45, 7) is 0. The topological polar surface area (TPSA) is 56.6 Å². The molecule has 0 spiro atoms. The molecule has 0 bridgehead atoms. The molecule has 0 amide bonds. The van der Waals surface area contributed by atoms with E-state index in [1.165, 1.54) is 11.3 Å². The van der Waals surface area contributed by atoms with Gasteiger partial charge in [-0.2, -0.15) is 5.26 Å². The summed E-state index contributed by atoms with van der Waals surface area (Å²) in [5.74, 6) is -0.0305. The number of nitrogens with zero attached hydrogens (tertiary/aromatic N) is 1. The van der Waals surface area contributed by atoms with E-state index in [9.17, 15) is 4.79 Å². The molecule has 2 heterocycles. The highest BCUT2D eigenvalue weighted by Crippen LogP contribution is 2.27. The van der Waals surface area contributed by atoms with Crippen LogP contribution >= 0.6 is 27.3 Å². The van der Waals surface area contributed by atoms with Crippen molar-refractivity contribution >= 4 is 44.0 Å². The first-order chi connectivity index (χ1) is 9.19. The van der Waals surface area contributed by atoms with Crippen molar-refractivity contribution in [1.82, 2.24) is 4.98 Å². The van der Waals surface area contributed by atoms with Gasteiger partial charge in [0, 0.05) is 22.7 Å². The molecule has 3 nitrogen and oxygen atoms in total. The lowest BCUT2D eigenvalue weighted by Gasteiger charge is -1.96. The molecule has 0 radical (unpaired) electrons. The van der Waals surface area contributed by atoms with Crippen molar-refractivity contribution in [2.24, 2.45) is 0 Å². The minimum atomic E-state index is -0.0305. The average Bonchev–Trinajstić information content (AvgIpc) is 3.03. The Morgan fingerprint density at radius 2 is 2.16 bits per heavy atom. The van der Waals surface area contributed by atoms with Gasteiger partial charge in [-0.25, -0.2) is 0 Å². The van der Waals surface area contributed by atoms with Crippen molar-refractivity contribution in [3.05, 3.63) is 56.3 Å². The van der Waals surface area contributed by atoms with E-state index in [-0.39, 0.29) is 5.78 Å². The van der Waals surface area contributed by atoms with Crippen LogP contribution in [0.4, 0.5) is 0 Å². The van der Waals surface area contributed by atoms with Crippen molar-refractivity contribution in [1.29, 1.82) is 5.26 Å². The number of nitriles is 1. The summed E-state index contributed by atoms with van der Waals surface area (Å²) >= 11 is 4.75. The minimum Gasteiger partial charge on any atom is -0.360 e. The van der Waals surface area contributed by atoms with Crippen LogP contribution in [0.15, 0.2) is 40.3 Å². The van der Waals surface area contributed by atoms with Crippen LogP contribution in [-0.4, -0.2) is 10.8 Å². The van der Waals surface area contributed by atoms with Gasteiger partial charge in [0.25, 0.3) is 0 Å². The van der Waals surface area contributed by atoms with Gasteiger partial charge in [-0.05, 0) is 46.3 Å². The summed E-state index contributed by atoms with van der Waals surface area (Å²) in [6.07, 6.45) is 1.70. The second kappa shape index (κ2) is 4.65. The van der Waals surface area contributed by atoms with E-state index in [1.807, 2.05) is 12.1 Å². The summed E-state index contributed by atoms with van der Waals surface area (Å²) in [5.41, 5.74) is 2.01. The number of ketones is 1. The molecule has 0 aliphatic carbocycles. The van der Waals surface area contributed by atoms with Crippen LogP contribution in [0.3, 0.4) is 0 Å². The van der Waals surface area contributed by atoms with Gasteiger partial charge in [-0.3, -0.25) is 4.79 Å². The Balaban J connectivity index is 2.15. The zero-order valence-corrected chi connectivity index (χ0v) is 12.0. The van der Waals surface area contributed by atoms with Gasteiger partial charge < -0.3 is 4.98 Å². The highest BCUT2D eigenvalue weighted by molar-refractivity contribution is 9.11. The Bertz CT molecular complexity index is 825. The van der Waals surface area contributed by atoms with Gasteiger partial charge in [0.2, 0.25) is 5.78 Å². The fraction of sp³-hybridized carbons (Fsp3) is 0. The third-order valence-electron chi connectivity index (χ3n) is 2.85. The summed E-state index contributed by atoms with van der Waals surface area (Å²) < 4.78 is 0.924. The number of aromatic amines is 1. The third kappa shape index (κ3) is 2.09. The smallest absolute Gasteiger partial charge is 0.205 e. The lowest BCUT2D eigenvalue weighted by molar-refractivity contribution is 0.104. The number of carbonyl (C=O) groups is 1.